The van der Waals surface area contributed by atoms with Crippen LogP contribution in [0.2, 0.25) is 0 Å². The molecule has 0 radical (unpaired) electrons. The second kappa shape index (κ2) is 7.39. The number of aryl methyl sites for hydroxylation is 1. The second-order valence-electron chi connectivity index (χ2n) is 6.11. The SMILES string of the molecule is CCOc1ccc(C(=O)Nc2ccc(N3CCCC3)c(C)c2)cc1. The predicted octanol–water partition coefficient (Wildman–Crippen LogP) is 4.25. The number of amides is 1. The van der Waals surface area contributed by atoms with Gasteiger partial charge in [-0.1, -0.05) is 0 Å². The Morgan fingerprint density at radius 2 is 1.83 bits per heavy atom. The zero-order valence-electron chi connectivity index (χ0n) is 14.3. The number of rotatable bonds is 5. The number of nitrogens with zero attached hydrogens (tertiary/aromatic N) is 1. The van der Waals surface area contributed by atoms with Crippen LogP contribution in [-0.4, -0.2) is 25.6 Å². The fourth-order valence-corrected chi connectivity index (χ4v) is 3.12. The third kappa shape index (κ3) is 3.70. The number of ether oxygens (including phenoxy) is 1. The molecule has 0 aromatic heterocycles. The average molecular weight is 324 g/mol. The molecule has 0 aliphatic carbocycles. The highest BCUT2D eigenvalue weighted by Gasteiger charge is 2.15. The van der Waals surface area contributed by atoms with E-state index in [1.54, 1.807) is 12.1 Å². The number of carbonyl (C=O) groups excluding carboxylic acids is 1. The standard InChI is InChI=1S/C20H24N2O2/c1-3-24-18-9-6-16(7-10-18)20(23)21-17-8-11-19(15(2)14-17)22-12-4-5-13-22/h6-11,14H,3-5,12-13H2,1-2H3,(H,21,23). The zero-order chi connectivity index (χ0) is 16.9. The van der Waals surface area contributed by atoms with E-state index in [2.05, 4.69) is 23.2 Å². The van der Waals surface area contributed by atoms with E-state index in [9.17, 15) is 4.79 Å². The van der Waals surface area contributed by atoms with E-state index in [0.29, 0.717) is 12.2 Å². The number of carbonyl (C=O) groups is 1. The molecular formula is C20H24N2O2. The van der Waals surface area contributed by atoms with E-state index in [1.807, 2.05) is 31.2 Å². The maximum atomic E-state index is 12.4. The van der Waals surface area contributed by atoms with Crippen LogP contribution in [0.3, 0.4) is 0 Å². The lowest BCUT2D eigenvalue weighted by molar-refractivity contribution is 0.102. The first-order valence-corrected chi connectivity index (χ1v) is 8.57. The number of hydrogen-bond donors (Lipinski definition) is 1. The van der Waals surface area contributed by atoms with Gasteiger partial charge in [0.2, 0.25) is 0 Å². The minimum absolute atomic E-state index is 0.105. The molecule has 1 fully saturated rings. The summed E-state index contributed by atoms with van der Waals surface area (Å²) in [4.78, 5) is 14.8. The third-order valence-corrected chi connectivity index (χ3v) is 4.33. The van der Waals surface area contributed by atoms with Crippen LogP contribution < -0.4 is 15.0 Å². The van der Waals surface area contributed by atoms with Crippen molar-refractivity contribution < 1.29 is 9.53 Å². The normalized spacial score (nSPS) is 13.8. The molecule has 2 aromatic carbocycles. The maximum Gasteiger partial charge on any atom is 0.255 e. The highest BCUT2D eigenvalue weighted by Crippen LogP contribution is 2.27. The van der Waals surface area contributed by atoms with Gasteiger partial charge in [0.1, 0.15) is 5.75 Å². The summed E-state index contributed by atoms with van der Waals surface area (Å²) in [6, 6.07) is 13.3. The molecular weight excluding hydrogens is 300 g/mol. The minimum Gasteiger partial charge on any atom is -0.494 e. The van der Waals surface area contributed by atoms with Gasteiger partial charge in [-0.05, 0) is 74.7 Å². The van der Waals surface area contributed by atoms with Crippen LogP contribution >= 0.6 is 0 Å². The van der Waals surface area contributed by atoms with E-state index in [1.165, 1.54) is 24.1 Å². The van der Waals surface area contributed by atoms with Crippen LogP contribution in [-0.2, 0) is 0 Å². The van der Waals surface area contributed by atoms with Crippen molar-refractivity contribution in [2.75, 3.05) is 29.9 Å². The summed E-state index contributed by atoms with van der Waals surface area (Å²) in [5.41, 5.74) is 3.92. The molecule has 0 atom stereocenters. The summed E-state index contributed by atoms with van der Waals surface area (Å²) < 4.78 is 5.40. The Hall–Kier alpha value is -2.49. The Bertz CT molecular complexity index is 704. The maximum absolute atomic E-state index is 12.4. The van der Waals surface area contributed by atoms with E-state index < -0.39 is 0 Å². The van der Waals surface area contributed by atoms with Crippen molar-refractivity contribution in [1.29, 1.82) is 0 Å². The fraction of sp³-hybridized carbons (Fsp3) is 0.350. The molecule has 2 aromatic rings. The Balaban J connectivity index is 1.68. The van der Waals surface area contributed by atoms with Gasteiger partial charge in [-0.15, -0.1) is 0 Å². The fourth-order valence-electron chi connectivity index (χ4n) is 3.12. The topological polar surface area (TPSA) is 41.6 Å². The van der Waals surface area contributed by atoms with E-state index >= 15 is 0 Å². The van der Waals surface area contributed by atoms with Gasteiger partial charge in [0, 0.05) is 30.0 Å². The first-order chi connectivity index (χ1) is 11.7. The lowest BCUT2D eigenvalue weighted by atomic mass is 10.1. The first kappa shape index (κ1) is 16.4. The van der Waals surface area contributed by atoms with Crippen LogP contribution in [0.25, 0.3) is 0 Å². The third-order valence-electron chi connectivity index (χ3n) is 4.33. The van der Waals surface area contributed by atoms with Crippen LogP contribution in [0, 0.1) is 6.92 Å². The molecule has 3 rings (SSSR count). The van der Waals surface area contributed by atoms with Crippen LogP contribution in [0.4, 0.5) is 11.4 Å². The highest BCUT2D eigenvalue weighted by molar-refractivity contribution is 6.04. The molecule has 0 unspecified atom stereocenters. The summed E-state index contributed by atoms with van der Waals surface area (Å²) in [7, 11) is 0. The van der Waals surface area contributed by atoms with Crippen molar-refractivity contribution in [2.24, 2.45) is 0 Å². The Kier molecular flexibility index (Phi) is 5.04. The van der Waals surface area contributed by atoms with Gasteiger partial charge >= 0.3 is 0 Å². The summed E-state index contributed by atoms with van der Waals surface area (Å²) in [5, 5.41) is 2.97. The molecule has 126 valence electrons. The number of nitrogens with one attached hydrogen (secondary N) is 1. The van der Waals surface area contributed by atoms with Gasteiger partial charge in [0.05, 0.1) is 6.61 Å². The lowest BCUT2D eigenvalue weighted by Crippen LogP contribution is -2.19. The molecule has 4 nitrogen and oxygen atoms in total. The Labute approximate surface area is 143 Å². The summed E-state index contributed by atoms with van der Waals surface area (Å²) >= 11 is 0. The predicted molar refractivity (Wildman–Crippen MR) is 98.2 cm³/mol. The van der Waals surface area contributed by atoms with Gasteiger partial charge in [0.15, 0.2) is 0 Å². The molecule has 0 saturated carbocycles. The second-order valence-corrected chi connectivity index (χ2v) is 6.11. The monoisotopic (exact) mass is 324 g/mol. The van der Waals surface area contributed by atoms with E-state index in [4.69, 9.17) is 4.74 Å². The van der Waals surface area contributed by atoms with Crippen LogP contribution in [0.15, 0.2) is 42.5 Å². The molecule has 4 heteroatoms. The number of hydrogen-bond acceptors (Lipinski definition) is 3. The average Bonchev–Trinajstić information content (AvgIpc) is 3.10. The first-order valence-electron chi connectivity index (χ1n) is 8.57. The van der Waals surface area contributed by atoms with Crippen LogP contribution in [0.5, 0.6) is 5.75 Å². The lowest BCUT2D eigenvalue weighted by Gasteiger charge is -2.20. The van der Waals surface area contributed by atoms with Crippen molar-refractivity contribution in [3.05, 3.63) is 53.6 Å². The van der Waals surface area contributed by atoms with Crippen LogP contribution in [0.1, 0.15) is 35.7 Å². The van der Waals surface area contributed by atoms with Crippen molar-refractivity contribution >= 4 is 17.3 Å². The molecule has 1 saturated heterocycles. The minimum atomic E-state index is -0.105. The molecule has 1 amide bonds. The van der Waals surface area contributed by atoms with E-state index in [0.717, 1.165) is 24.5 Å². The largest absolute Gasteiger partial charge is 0.494 e. The zero-order valence-corrected chi connectivity index (χ0v) is 14.3. The molecule has 24 heavy (non-hydrogen) atoms. The Morgan fingerprint density at radius 3 is 2.46 bits per heavy atom. The molecule has 1 aliphatic heterocycles. The van der Waals surface area contributed by atoms with Crippen molar-refractivity contribution in [3.8, 4) is 5.75 Å². The van der Waals surface area contributed by atoms with Gasteiger partial charge < -0.3 is 15.0 Å². The quantitative estimate of drug-likeness (QED) is 0.894. The molecule has 1 N–H and O–H groups in total. The molecule has 0 spiro atoms. The smallest absolute Gasteiger partial charge is 0.255 e. The number of anilines is 2. The summed E-state index contributed by atoms with van der Waals surface area (Å²) in [6.45, 7) is 6.90. The molecule has 0 bridgehead atoms. The van der Waals surface area contributed by atoms with Crippen molar-refractivity contribution in [3.63, 3.8) is 0 Å². The van der Waals surface area contributed by atoms with Gasteiger partial charge in [0.25, 0.3) is 5.91 Å². The molecule has 1 heterocycles. The van der Waals surface area contributed by atoms with Gasteiger partial charge in [-0.25, -0.2) is 0 Å². The Morgan fingerprint density at radius 1 is 1.12 bits per heavy atom. The highest BCUT2D eigenvalue weighted by atomic mass is 16.5. The molecule has 1 aliphatic rings. The van der Waals surface area contributed by atoms with Gasteiger partial charge in [-0.2, -0.15) is 0 Å². The van der Waals surface area contributed by atoms with Crippen molar-refractivity contribution in [1.82, 2.24) is 0 Å². The van der Waals surface area contributed by atoms with Gasteiger partial charge in [-0.3, -0.25) is 4.79 Å². The van der Waals surface area contributed by atoms with Crippen molar-refractivity contribution in [2.45, 2.75) is 26.7 Å². The number of benzene rings is 2. The summed E-state index contributed by atoms with van der Waals surface area (Å²) in [5.74, 6) is 0.672. The summed E-state index contributed by atoms with van der Waals surface area (Å²) in [6.07, 6.45) is 2.52. The van der Waals surface area contributed by atoms with E-state index in [-0.39, 0.29) is 5.91 Å².